The Labute approximate surface area is 164 Å². The van der Waals surface area contributed by atoms with E-state index in [1.807, 2.05) is 0 Å². The Balaban J connectivity index is 0.00000625. The lowest BCUT2D eigenvalue weighted by molar-refractivity contribution is -0.673. The number of halogens is 1. The minimum Gasteiger partial charge on any atom is -1.00 e. The fourth-order valence-corrected chi connectivity index (χ4v) is 2.27. The van der Waals surface area contributed by atoms with E-state index in [9.17, 15) is 14.4 Å². The summed E-state index contributed by atoms with van der Waals surface area (Å²) in [5, 5.41) is 11.6. The maximum atomic E-state index is 12.3. The van der Waals surface area contributed by atoms with Crippen LogP contribution < -0.4 is 26.9 Å². The number of aryl methyl sites for hydroxylation is 2. The summed E-state index contributed by atoms with van der Waals surface area (Å²) < 4.78 is 8.63. The number of imidazole rings is 1. The zero-order valence-electron chi connectivity index (χ0n) is 16.1. The normalized spacial score (nSPS) is 12.3. The third kappa shape index (κ3) is 7.15. The number of hydrogen-bond donors (Lipinski definition) is 2. The minimum atomic E-state index is -1.06. The predicted octanol–water partition coefficient (Wildman–Crippen LogP) is -2.11. The molecule has 0 aromatic carbocycles. The number of carboxylic acids is 1. The highest BCUT2D eigenvalue weighted by Gasteiger charge is 2.30. The summed E-state index contributed by atoms with van der Waals surface area (Å²) in [6, 6.07) is -0.932. The number of esters is 1. The van der Waals surface area contributed by atoms with Gasteiger partial charge < -0.3 is 32.1 Å². The Hall–Kier alpha value is -1.90. The first-order valence-corrected chi connectivity index (χ1v) is 8.22. The van der Waals surface area contributed by atoms with Crippen molar-refractivity contribution in [3.05, 3.63) is 18.2 Å². The van der Waals surface area contributed by atoms with Gasteiger partial charge in [0.1, 0.15) is 24.0 Å². The molecule has 0 fully saturated rings. The molecule has 1 amide bonds. The summed E-state index contributed by atoms with van der Waals surface area (Å²) in [6.07, 6.45) is 3.44. The van der Waals surface area contributed by atoms with Crippen LogP contribution in [0.15, 0.2) is 12.4 Å². The second-order valence-electron chi connectivity index (χ2n) is 7.31. The molecule has 1 aromatic rings. The van der Waals surface area contributed by atoms with Gasteiger partial charge in [-0.25, -0.2) is 18.7 Å². The number of rotatable bonds is 7. The molecule has 0 aliphatic heterocycles. The van der Waals surface area contributed by atoms with E-state index < -0.39 is 23.6 Å². The molecule has 1 heterocycles. The van der Waals surface area contributed by atoms with E-state index in [-0.39, 0.29) is 41.8 Å². The summed E-state index contributed by atoms with van der Waals surface area (Å²) in [7, 11) is 1.72. The second kappa shape index (κ2) is 9.70. The number of amides is 1. The number of nitrogens with one attached hydrogen (secondary N) is 1. The second-order valence-corrected chi connectivity index (χ2v) is 7.31. The molecule has 26 heavy (non-hydrogen) atoms. The van der Waals surface area contributed by atoms with Gasteiger partial charge in [-0.05, 0) is 26.7 Å². The largest absolute Gasteiger partial charge is 1.00 e. The quantitative estimate of drug-likeness (QED) is 0.378. The zero-order valence-corrected chi connectivity index (χ0v) is 17.7. The Bertz CT molecular complexity index is 649. The molecule has 0 bridgehead atoms. The van der Waals surface area contributed by atoms with Crippen LogP contribution in [0.3, 0.4) is 0 Å². The van der Waals surface area contributed by atoms with Gasteiger partial charge in [0.05, 0.1) is 20.0 Å². The summed E-state index contributed by atoms with van der Waals surface area (Å²) in [4.78, 5) is 35.5. The Morgan fingerprint density at radius 2 is 1.88 bits per heavy atom. The standard InChI is InChI=1S/C17H27N3O5.BrH/c1-11(2)13(15(22)23)18-12(21)7-8-20-10-9-19(6)14(20)16(24)25-17(3,4)5;/h9-11,13H,7-8H2,1-6H3,(H-,18,21,22,23);1H. The number of aromatic nitrogens is 2. The smallest absolute Gasteiger partial charge is 0.422 e. The van der Waals surface area contributed by atoms with Gasteiger partial charge in [-0.2, -0.15) is 0 Å². The minimum absolute atomic E-state index is 0. The van der Waals surface area contributed by atoms with Crippen LogP contribution >= 0.6 is 0 Å². The first-order valence-electron chi connectivity index (χ1n) is 8.22. The van der Waals surface area contributed by atoms with Crippen LogP contribution in [0.2, 0.25) is 0 Å². The topological polar surface area (TPSA) is 102 Å². The summed E-state index contributed by atoms with van der Waals surface area (Å²) in [5.41, 5.74) is -0.622. The van der Waals surface area contributed by atoms with Gasteiger partial charge in [-0.15, -0.1) is 0 Å². The number of carbonyl (C=O) groups is 3. The van der Waals surface area contributed by atoms with Gasteiger partial charge in [-0.1, -0.05) is 13.8 Å². The molecule has 148 valence electrons. The van der Waals surface area contributed by atoms with Crippen molar-refractivity contribution in [2.24, 2.45) is 13.0 Å². The monoisotopic (exact) mass is 433 g/mol. The van der Waals surface area contributed by atoms with Crippen LogP contribution in [0.4, 0.5) is 0 Å². The molecule has 0 aliphatic carbocycles. The Morgan fingerprint density at radius 1 is 1.31 bits per heavy atom. The molecule has 2 N–H and O–H groups in total. The molecule has 0 radical (unpaired) electrons. The predicted molar refractivity (Wildman–Crippen MR) is 89.8 cm³/mol. The van der Waals surface area contributed by atoms with Crippen molar-refractivity contribution in [1.82, 2.24) is 9.88 Å². The van der Waals surface area contributed by atoms with Gasteiger partial charge in [0.25, 0.3) is 0 Å². The first kappa shape index (κ1) is 24.1. The van der Waals surface area contributed by atoms with Crippen LogP contribution in [-0.2, 0) is 27.9 Å². The maximum absolute atomic E-state index is 12.3. The summed E-state index contributed by atoms with van der Waals surface area (Å²) >= 11 is 0. The molecule has 0 aliphatic rings. The first-order chi connectivity index (χ1) is 11.4. The van der Waals surface area contributed by atoms with E-state index >= 15 is 0 Å². The van der Waals surface area contributed by atoms with Crippen molar-refractivity contribution in [1.29, 1.82) is 0 Å². The van der Waals surface area contributed by atoms with Crippen molar-refractivity contribution in [2.75, 3.05) is 0 Å². The molecule has 1 rings (SSSR count). The molecule has 1 unspecified atom stereocenters. The van der Waals surface area contributed by atoms with Gasteiger partial charge in [0.15, 0.2) is 0 Å². The van der Waals surface area contributed by atoms with Gasteiger partial charge >= 0.3 is 17.8 Å². The maximum Gasteiger partial charge on any atom is 0.422 e. The van der Waals surface area contributed by atoms with E-state index in [1.165, 1.54) is 0 Å². The molecule has 9 heteroatoms. The van der Waals surface area contributed by atoms with Crippen LogP contribution in [0, 0.1) is 5.92 Å². The fourth-order valence-electron chi connectivity index (χ4n) is 2.27. The van der Waals surface area contributed by atoms with Crippen molar-refractivity contribution < 1.29 is 45.8 Å². The number of carbonyl (C=O) groups excluding carboxylic acids is 2. The highest BCUT2D eigenvalue weighted by molar-refractivity contribution is 5.85. The fraction of sp³-hybridized carbons (Fsp3) is 0.647. The summed E-state index contributed by atoms with van der Waals surface area (Å²) in [5.74, 6) is -1.83. The van der Waals surface area contributed by atoms with Crippen LogP contribution in [0.5, 0.6) is 0 Å². The SMILES string of the molecule is CC(C)C(NC(=O)CCn1cc[n+](C)c1C(=O)OC(C)(C)C)C(=O)O.[Br-]. The van der Waals surface area contributed by atoms with Crippen LogP contribution in [0.1, 0.15) is 51.7 Å². The van der Waals surface area contributed by atoms with Crippen LogP contribution in [0.25, 0.3) is 0 Å². The van der Waals surface area contributed by atoms with Crippen molar-refractivity contribution in [3.8, 4) is 0 Å². The molecule has 8 nitrogen and oxygen atoms in total. The van der Waals surface area contributed by atoms with Crippen molar-refractivity contribution >= 4 is 17.8 Å². The molecule has 0 spiro atoms. The highest BCUT2D eigenvalue weighted by atomic mass is 79.9. The van der Waals surface area contributed by atoms with E-state index in [4.69, 9.17) is 9.84 Å². The number of carboxylic acid groups (broad SMARTS) is 1. The van der Waals surface area contributed by atoms with Crippen molar-refractivity contribution in [3.63, 3.8) is 0 Å². The molecular formula is C17H28BrN3O5. The number of aliphatic carboxylic acids is 1. The molecular weight excluding hydrogens is 406 g/mol. The van der Waals surface area contributed by atoms with Crippen molar-refractivity contribution in [2.45, 2.75) is 59.2 Å². The molecule has 1 atom stereocenters. The number of nitrogens with zero attached hydrogens (tertiary/aromatic N) is 2. The lowest BCUT2D eigenvalue weighted by atomic mass is 10.0. The average molecular weight is 434 g/mol. The Kier molecular flexibility index (Phi) is 8.99. The number of hydrogen-bond acceptors (Lipinski definition) is 4. The van der Waals surface area contributed by atoms with Gasteiger partial charge in [0, 0.05) is 0 Å². The summed E-state index contributed by atoms with van der Waals surface area (Å²) in [6.45, 7) is 9.04. The Morgan fingerprint density at radius 3 is 2.35 bits per heavy atom. The average Bonchev–Trinajstić information content (AvgIpc) is 2.81. The van der Waals surface area contributed by atoms with E-state index in [2.05, 4.69) is 5.32 Å². The van der Waals surface area contributed by atoms with Gasteiger partial charge in [-0.3, -0.25) is 4.79 Å². The van der Waals surface area contributed by atoms with E-state index in [0.717, 1.165) is 0 Å². The van der Waals surface area contributed by atoms with Crippen LogP contribution in [-0.4, -0.2) is 39.2 Å². The zero-order chi connectivity index (χ0) is 19.4. The van der Waals surface area contributed by atoms with E-state index in [0.29, 0.717) is 5.82 Å². The molecule has 0 saturated carbocycles. The molecule has 1 aromatic heterocycles. The van der Waals surface area contributed by atoms with Gasteiger partial charge in [0.2, 0.25) is 5.91 Å². The third-order valence-electron chi connectivity index (χ3n) is 3.49. The lowest BCUT2D eigenvalue weighted by Gasteiger charge is -2.18. The van der Waals surface area contributed by atoms with E-state index in [1.54, 1.807) is 63.2 Å². The number of ether oxygens (including phenoxy) is 1. The highest BCUT2D eigenvalue weighted by Crippen LogP contribution is 2.11. The molecule has 0 saturated heterocycles. The third-order valence-corrected chi connectivity index (χ3v) is 3.49. The lowest BCUT2D eigenvalue weighted by Crippen LogP contribution is -3.00.